The van der Waals surface area contributed by atoms with Crippen molar-refractivity contribution in [2.24, 2.45) is 0 Å². The monoisotopic (exact) mass is 568 g/mol. The van der Waals surface area contributed by atoms with Crippen LogP contribution in [-0.4, -0.2) is 11.6 Å². The molecule has 0 unspecified atom stereocenters. The summed E-state index contributed by atoms with van der Waals surface area (Å²) in [6.07, 6.45) is 0. The van der Waals surface area contributed by atoms with Gasteiger partial charge >= 0.3 is 0 Å². The molecule has 0 aliphatic rings. The predicted octanol–water partition coefficient (Wildman–Crippen LogP) is 6.30. The van der Waals surface area contributed by atoms with Gasteiger partial charge in [-0.05, 0) is 99.1 Å². The van der Waals surface area contributed by atoms with Crippen LogP contribution in [0.1, 0.15) is 25.0 Å². The molecular weight excluding hydrogens is 560 g/mol. The maximum absolute atomic E-state index is 10.6. The summed E-state index contributed by atoms with van der Waals surface area (Å²) >= 11 is 13.6. The second-order valence-electron chi connectivity index (χ2n) is 5.40. The molecule has 0 atom stereocenters. The lowest BCUT2D eigenvalue weighted by Gasteiger charge is -2.28. The highest BCUT2D eigenvalue weighted by atomic mass is 79.9. The molecule has 0 aliphatic carbocycles. The van der Waals surface area contributed by atoms with Crippen molar-refractivity contribution in [2.75, 3.05) is 0 Å². The van der Waals surface area contributed by atoms with E-state index in [9.17, 15) is 9.90 Å². The Morgan fingerprint density at radius 1 is 0.913 bits per heavy atom. The third-order valence-corrected chi connectivity index (χ3v) is 6.01. The summed E-state index contributed by atoms with van der Waals surface area (Å²) in [6, 6.07) is 7.60. The Bertz CT molecular complexity index is 726. The van der Waals surface area contributed by atoms with Gasteiger partial charge in [-0.3, -0.25) is 4.79 Å². The van der Waals surface area contributed by atoms with Crippen LogP contribution >= 0.6 is 63.7 Å². The van der Waals surface area contributed by atoms with Gasteiger partial charge < -0.3 is 9.84 Å². The Balaban J connectivity index is 2.58. The molecule has 0 saturated heterocycles. The molecular formula is C16H12Br4O3. The smallest absolute Gasteiger partial charge is 0.298 e. The average Bonchev–Trinajstić information content (AvgIpc) is 2.47. The first-order valence-corrected chi connectivity index (χ1v) is 9.64. The lowest BCUT2D eigenvalue weighted by atomic mass is 9.78. The zero-order chi connectivity index (χ0) is 17.4. The maximum atomic E-state index is 10.6. The number of benzene rings is 2. The summed E-state index contributed by atoms with van der Waals surface area (Å²) in [5.74, 6) is 0.606. The van der Waals surface area contributed by atoms with Crippen LogP contribution in [0.2, 0.25) is 0 Å². The van der Waals surface area contributed by atoms with Gasteiger partial charge in [0.1, 0.15) is 5.75 Å². The van der Waals surface area contributed by atoms with Gasteiger partial charge in [0.25, 0.3) is 6.47 Å². The standard InChI is InChI=1S/C16H12Br4O3/c1-16(2,8-3-10(17)14(22)11(18)4-8)9-5-12(19)15(23-7-21)13(20)6-9/h3-7,22H,1-2H3. The number of hydrogen-bond acceptors (Lipinski definition) is 3. The van der Waals surface area contributed by atoms with Gasteiger partial charge in [0.2, 0.25) is 0 Å². The van der Waals surface area contributed by atoms with Gasteiger partial charge in [-0.25, -0.2) is 0 Å². The Hall–Kier alpha value is -0.370. The molecule has 0 aromatic heterocycles. The summed E-state index contributed by atoms with van der Waals surface area (Å²) in [6.45, 7) is 4.54. The fourth-order valence-corrected chi connectivity index (χ4v) is 4.73. The first-order valence-electron chi connectivity index (χ1n) is 6.46. The van der Waals surface area contributed by atoms with Gasteiger partial charge in [-0.15, -0.1) is 0 Å². The highest BCUT2D eigenvalue weighted by Gasteiger charge is 2.27. The SMILES string of the molecule is CC(C)(c1cc(Br)c(O)c(Br)c1)c1cc(Br)c(OC=O)c(Br)c1. The van der Waals surface area contributed by atoms with Crippen LogP contribution in [0.4, 0.5) is 0 Å². The highest BCUT2D eigenvalue weighted by Crippen LogP contribution is 2.43. The first-order chi connectivity index (χ1) is 10.7. The van der Waals surface area contributed by atoms with E-state index in [1.165, 1.54) is 0 Å². The third kappa shape index (κ3) is 3.83. The van der Waals surface area contributed by atoms with Crippen LogP contribution in [0.5, 0.6) is 11.5 Å². The Morgan fingerprint density at radius 3 is 1.70 bits per heavy atom. The van der Waals surface area contributed by atoms with Crippen molar-refractivity contribution >= 4 is 70.2 Å². The number of rotatable bonds is 4. The summed E-state index contributed by atoms with van der Waals surface area (Å²) < 4.78 is 7.57. The van der Waals surface area contributed by atoms with Crippen molar-refractivity contribution in [3.8, 4) is 11.5 Å². The van der Waals surface area contributed by atoms with Gasteiger partial charge in [-0.2, -0.15) is 0 Å². The molecule has 7 heteroatoms. The third-order valence-electron chi connectivity index (χ3n) is 3.62. The van der Waals surface area contributed by atoms with E-state index in [0.717, 1.165) is 11.1 Å². The maximum Gasteiger partial charge on any atom is 0.298 e. The molecule has 122 valence electrons. The minimum Gasteiger partial charge on any atom is -0.506 e. The number of aromatic hydroxyl groups is 1. The molecule has 2 rings (SSSR count). The summed E-state index contributed by atoms with van der Waals surface area (Å²) in [5.41, 5.74) is 1.68. The molecule has 0 spiro atoms. The van der Waals surface area contributed by atoms with E-state index < -0.39 is 0 Å². The number of phenols is 1. The summed E-state index contributed by atoms with van der Waals surface area (Å²) in [7, 11) is 0. The molecule has 0 aliphatic heterocycles. The fourth-order valence-electron chi connectivity index (χ4n) is 2.17. The van der Waals surface area contributed by atoms with Crippen LogP contribution in [0, 0.1) is 0 Å². The lowest BCUT2D eigenvalue weighted by molar-refractivity contribution is -0.120. The average molecular weight is 572 g/mol. The molecule has 1 N–H and O–H groups in total. The Kier molecular flexibility index (Phi) is 5.98. The number of carbonyl (C=O) groups excluding carboxylic acids is 1. The van der Waals surface area contributed by atoms with Crippen molar-refractivity contribution in [3.63, 3.8) is 0 Å². The van der Waals surface area contributed by atoms with Crippen LogP contribution in [0.25, 0.3) is 0 Å². The van der Waals surface area contributed by atoms with Crippen molar-refractivity contribution in [1.29, 1.82) is 0 Å². The second kappa shape index (κ2) is 7.25. The van der Waals surface area contributed by atoms with Gasteiger partial charge in [-0.1, -0.05) is 13.8 Å². The molecule has 0 heterocycles. The Morgan fingerprint density at radius 2 is 1.30 bits per heavy atom. The number of halogens is 4. The minimum atomic E-state index is -0.344. The van der Waals surface area contributed by atoms with Crippen LogP contribution < -0.4 is 4.74 Å². The number of ether oxygens (including phenoxy) is 1. The molecule has 2 aromatic carbocycles. The first kappa shape index (κ1) is 19.0. The number of carbonyl (C=O) groups is 1. The summed E-state index contributed by atoms with van der Waals surface area (Å²) in [5, 5.41) is 9.89. The number of hydrogen-bond donors (Lipinski definition) is 1. The van der Waals surface area contributed by atoms with Gasteiger partial charge in [0.05, 0.1) is 17.9 Å². The van der Waals surface area contributed by atoms with Crippen molar-refractivity contribution < 1.29 is 14.6 Å². The zero-order valence-corrected chi connectivity index (χ0v) is 18.5. The Labute approximate surface area is 167 Å². The molecule has 2 aromatic rings. The number of phenolic OH excluding ortho intramolecular Hbond substituents is 1. The van der Waals surface area contributed by atoms with Gasteiger partial charge in [0, 0.05) is 5.41 Å². The van der Waals surface area contributed by atoms with E-state index in [0.29, 0.717) is 30.1 Å². The van der Waals surface area contributed by atoms with Crippen LogP contribution in [0.15, 0.2) is 42.2 Å². The van der Waals surface area contributed by atoms with E-state index >= 15 is 0 Å². The van der Waals surface area contributed by atoms with E-state index in [-0.39, 0.29) is 11.2 Å². The van der Waals surface area contributed by atoms with Crippen molar-refractivity contribution in [2.45, 2.75) is 19.3 Å². The van der Waals surface area contributed by atoms with E-state index in [2.05, 4.69) is 77.6 Å². The minimum absolute atomic E-state index is 0.168. The van der Waals surface area contributed by atoms with E-state index in [1.54, 1.807) is 0 Å². The highest BCUT2D eigenvalue weighted by molar-refractivity contribution is 9.11. The molecule has 0 bridgehead atoms. The van der Waals surface area contributed by atoms with Gasteiger partial charge in [0.15, 0.2) is 5.75 Å². The van der Waals surface area contributed by atoms with Crippen LogP contribution in [0.3, 0.4) is 0 Å². The van der Waals surface area contributed by atoms with E-state index in [4.69, 9.17) is 4.74 Å². The summed E-state index contributed by atoms with van der Waals surface area (Å²) in [4.78, 5) is 10.6. The molecule has 0 radical (unpaired) electrons. The topological polar surface area (TPSA) is 46.5 Å². The zero-order valence-electron chi connectivity index (χ0n) is 12.2. The quantitative estimate of drug-likeness (QED) is 0.438. The van der Waals surface area contributed by atoms with Crippen LogP contribution in [-0.2, 0) is 10.2 Å². The normalized spacial score (nSPS) is 11.4. The van der Waals surface area contributed by atoms with E-state index in [1.807, 2.05) is 24.3 Å². The second-order valence-corrected chi connectivity index (χ2v) is 8.81. The predicted molar refractivity (Wildman–Crippen MR) is 104 cm³/mol. The molecule has 0 saturated carbocycles. The molecule has 0 amide bonds. The fraction of sp³-hybridized carbons (Fsp3) is 0.188. The lowest BCUT2D eigenvalue weighted by Crippen LogP contribution is -2.19. The largest absolute Gasteiger partial charge is 0.506 e. The van der Waals surface area contributed by atoms with Crippen molar-refractivity contribution in [3.05, 3.63) is 53.3 Å². The molecule has 0 fully saturated rings. The molecule has 3 nitrogen and oxygen atoms in total. The van der Waals surface area contributed by atoms with Crippen molar-refractivity contribution in [1.82, 2.24) is 0 Å². The molecule has 23 heavy (non-hydrogen) atoms.